The lowest BCUT2D eigenvalue weighted by molar-refractivity contribution is 0.0977. The summed E-state index contributed by atoms with van der Waals surface area (Å²) < 4.78 is 18.2. The van der Waals surface area contributed by atoms with Crippen LogP contribution in [0.5, 0.6) is 5.75 Å². The smallest absolute Gasteiger partial charge is 0.257 e. The van der Waals surface area contributed by atoms with Gasteiger partial charge in [-0.2, -0.15) is 5.10 Å². The zero-order chi connectivity index (χ0) is 20.8. The zero-order valence-corrected chi connectivity index (χ0v) is 16.4. The average molecular weight is 395 g/mol. The van der Waals surface area contributed by atoms with Gasteiger partial charge in [0.15, 0.2) is 5.82 Å². The molecule has 3 rings (SSSR count). The second-order valence-electron chi connectivity index (χ2n) is 6.55. The standard InChI is InChI=1S/C21H22FN5O2/c1-13(2)23-21(25-20(28)15-6-10-17(29-3)11-7-15)24-19-12-18(26-27-19)14-4-8-16(22)9-5-14/h4-13H,1-3H3,(H3,23,24,25,26,27,28). The van der Waals surface area contributed by atoms with Crippen LogP contribution in [0.3, 0.4) is 0 Å². The second kappa shape index (κ2) is 9.01. The van der Waals surface area contributed by atoms with E-state index in [9.17, 15) is 9.18 Å². The van der Waals surface area contributed by atoms with E-state index in [0.717, 1.165) is 5.56 Å². The quantitative estimate of drug-likeness (QED) is 0.452. The van der Waals surface area contributed by atoms with Crippen LogP contribution in [0.4, 0.5) is 10.2 Å². The van der Waals surface area contributed by atoms with Crippen molar-refractivity contribution in [3.05, 3.63) is 66.0 Å². The summed E-state index contributed by atoms with van der Waals surface area (Å²) in [5, 5.41) is 12.8. The van der Waals surface area contributed by atoms with Gasteiger partial charge < -0.3 is 10.1 Å². The van der Waals surface area contributed by atoms with Crippen LogP contribution in [0.15, 0.2) is 59.6 Å². The van der Waals surface area contributed by atoms with Gasteiger partial charge in [-0.25, -0.2) is 9.38 Å². The number of benzene rings is 2. The number of amides is 1. The molecule has 0 fully saturated rings. The number of nitrogens with zero attached hydrogens (tertiary/aromatic N) is 2. The first kappa shape index (κ1) is 20.1. The van der Waals surface area contributed by atoms with Gasteiger partial charge in [-0.05, 0) is 67.9 Å². The number of anilines is 1. The van der Waals surface area contributed by atoms with Gasteiger partial charge in [0.1, 0.15) is 11.6 Å². The molecule has 0 saturated heterocycles. The van der Waals surface area contributed by atoms with Crippen LogP contribution in [-0.2, 0) is 0 Å². The Hall–Kier alpha value is -3.68. The van der Waals surface area contributed by atoms with Crippen LogP contribution in [0, 0.1) is 5.82 Å². The van der Waals surface area contributed by atoms with Crippen molar-refractivity contribution in [1.82, 2.24) is 15.5 Å². The molecule has 8 heteroatoms. The van der Waals surface area contributed by atoms with Crippen LogP contribution < -0.4 is 15.4 Å². The number of carbonyl (C=O) groups excluding carboxylic acids is 1. The summed E-state index contributed by atoms with van der Waals surface area (Å²) in [6.45, 7) is 3.80. The normalized spacial score (nSPS) is 11.4. The number of H-pyrrole nitrogens is 1. The van der Waals surface area contributed by atoms with E-state index in [0.29, 0.717) is 22.8 Å². The molecule has 29 heavy (non-hydrogen) atoms. The van der Waals surface area contributed by atoms with E-state index in [4.69, 9.17) is 4.74 Å². The van der Waals surface area contributed by atoms with E-state index >= 15 is 0 Å². The first-order valence-electron chi connectivity index (χ1n) is 9.06. The molecule has 0 aliphatic heterocycles. The molecule has 150 valence electrons. The lowest BCUT2D eigenvalue weighted by Gasteiger charge is -2.11. The summed E-state index contributed by atoms with van der Waals surface area (Å²) in [6.07, 6.45) is 0. The van der Waals surface area contributed by atoms with Crippen LogP contribution in [0.1, 0.15) is 24.2 Å². The number of halogens is 1. The average Bonchev–Trinajstić information content (AvgIpc) is 3.16. The molecular formula is C21H22FN5O2. The van der Waals surface area contributed by atoms with Crippen LogP contribution in [-0.4, -0.2) is 35.2 Å². The van der Waals surface area contributed by atoms with E-state index in [1.807, 2.05) is 13.8 Å². The molecule has 0 spiro atoms. The summed E-state index contributed by atoms with van der Waals surface area (Å²) >= 11 is 0. The predicted octanol–water partition coefficient (Wildman–Crippen LogP) is 3.83. The van der Waals surface area contributed by atoms with Crippen molar-refractivity contribution in [3.63, 3.8) is 0 Å². The Balaban J connectivity index is 1.74. The SMILES string of the molecule is COc1ccc(C(=O)NC(=NC(C)C)Nc2cc(-c3ccc(F)cc3)[nH]n2)cc1. The first-order chi connectivity index (χ1) is 13.9. The van der Waals surface area contributed by atoms with Crippen molar-refractivity contribution >= 4 is 17.7 Å². The third-order valence-electron chi connectivity index (χ3n) is 3.95. The summed E-state index contributed by atoms with van der Waals surface area (Å²) in [7, 11) is 1.57. The van der Waals surface area contributed by atoms with Crippen LogP contribution in [0.25, 0.3) is 11.3 Å². The van der Waals surface area contributed by atoms with Crippen molar-refractivity contribution < 1.29 is 13.9 Å². The second-order valence-corrected chi connectivity index (χ2v) is 6.55. The fourth-order valence-electron chi connectivity index (χ4n) is 2.56. The highest BCUT2D eigenvalue weighted by molar-refractivity contribution is 6.09. The molecule has 1 heterocycles. The number of methoxy groups -OCH3 is 1. The van der Waals surface area contributed by atoms with Gasteiger partial charge in [0, 0.05) is 17.7 Å². The van der Waals surface area contributed by atoms with Crippen molar-refractivity contribution in [1.29, 1.82) is 0 Å². The molecule has 0 saturated carbocycles. The van der Waals surface area contributed by atoms with Gasteiger partial charge in [-0.15, -0.1) is 0 Å². The number of ether oxygens (including phenoxy) is 1. The number of aromatic amines is 1. The third-order valence-corrected chi connectivity index (χ3v) is 3.95. The Morgan fingerprint density at radius 1 is 1.14 bits per heavy atom. The highest BCUT2D eigenvalue weighted by Gasteiger charge is 2.12. The molecule has 0 atom stereocenters. The number of hydrogen-bond donors (Lipinski definition) is 3. The molecule has 7 nitrogen and oxygen atoms in total. The summed E-state index contributed by atoms with van der Waals surface area (Å²) in [5.41, 5.74) is 1.97. The molecule has 2 aromatic carbocycles. The minimum Gasteiger partial charge on any atom is -0.497 e. The molecule has 0 radical (unpaired) electrons. The molecule has 3 aromatic rings. The third kappa shape index (κ3) is 5.41. The number of hydrogen-bond acceptors (Lipinski definition) is 4. The number of aromatic nitrogens is 2. The van der Waals surface area contributed by atoms with Crippen LogP contribution >= 0.6 is 0 Å². The van der Waals surface area contributed by atoms with Gasteiger partial charge in [-0.1, -0.05) is 0 Å². The maximum Gasteiger partial charge on any atom is 0.257 e. The molecule has 0 bridgehead atoms. The van der Waals surface area contributed by atoms with Gasteiger partial charge >= 0.3 is 0 Å². The maximum atomic E-state index is 13.1. The fourth-order valence-corrected chi connectivity index (χ4v) is 2.56. The predicted molar refractivity (Wildman–Crippen MR) is 111 cm³/mol. The highest BCUT2D eigenvalue weighted by atomic mass is 19.1. The number of nitrogens with one attached hydrogen (secondary N) is 3. The van der Waals surface area contributed by atoms with E-state index in [2.05, 4.69) is 25.8 Å². The van der Waals surface area contributed by atoms with E-state index in [1.165, 1.54) is 12.1 Å². The topological polar surface area (TPSA) is 91.4 Å². The fraction of sp³-hybridized carbons (Fsp3) is 0.190. The van der Waals surface area contributed by atoms with Crippen LogP contribution in [0.2, 0.25) is 0 Å². The summed E-state index contributed by atoms with van der Waals surface area (Å²) in [4.78, 5) is 17.0. The highest BCUT2D eigenvalue weighted by Crippen LogP contribution is 2.20. The lowest BCUT2D eigenvalue weighted by atomic mass is 10.1. The van der Waals surface area contributed by atoms with Crippen molar-refractivity contribution in [2.24, 2.45) is 4.99 Å². The Morgan fingerprint density at radius 2 is 1.83 bits per heavy atom. The molecule has 3 N–H and O–H groups in total. The minimum absolute atomic E-state index is 0.0517. The Morgan fingerprint density at radius 3 is 2.45 bits per heavy atom. The number of guanidine groups is 1. The molecule has 0 aliphatic carbocycles. The zero-order valence-electron chi connectivity index (χ0n) is 16.4. The Labute approximate surface area is 168 Å². The molecule has 1 amide bonds. The van der Waals surface area contributed by atoms with Gasteiger partial charge in [0.2, 0.25) is 5.96 Å². The number of carbonyl (C=O) groups is 1. The molecule has 0 aliphatic rings. The maximum absolute atomic E-state index is 13.1. The van der Waals surface area contributed by atoms with Gasteiger partial charge in [0.25, 0.3) is 5.91 Å². The molecule has 0 unspecified atom stereocenters. The minimum atomic E-state index is -0.311. The first-order valence-corrected chi connectivity index (χ1v) is 9.06. The molecular weight excluding hydrogens is 373 g/mol. The van der Waals surface area contributed by atoms with Crippen molar-refractivity contribution in [3.8, 4) is 17.0 Å². The van der Waals surface area contributed by atoms with Gasteiger partial charge in [0.05, 0.1) is 12.8 Å². The number of aliphatic imine (C=N–C) groups is 1. The van der Waals surface area contributed by atoms with Crippen molar-refractivity contribution in [2.45, 2.75) is 19.9 Å². The number of rotatable bonds is 5. The van der Waals surface area contributed by atoms with E-state index in [1.54, 1.807) is 49.6 Å². The van der Waals surface area contributed by atoms with E-state index < -0.39 is 0 Å². The lowest BCUT2D eigenvalue weighted by Crippen LogP contribution is -2.36. The van der Waals surface area contributed by atoms with E-state index in [-0.39, 0.29) is 23.7 Å². The van der Waals surface area contributed by atoms with Crippen molar-refractivity contribution in [2.75, 3.05) is 12.4 Å². The summed E-state index contributed by atoms with van der Waals surface area (Å²) in [5.74, 6) is 0.797. The Bertz CT molecular complexity index is 995. The Kier molecular flexibility index (Phi) is 6.23. The molecule has 1 aromatic heterocycles. The monoisotopic (exact) mass is 395 g/mol. The summed E-state index contributed by atoms with van der Waals surface area (Å²) in [6, 6.07) is 14.5. The largest absolute Gasteiger partial charge is 0.497 e. The van der Waals surface area contributed by atoms with Gasteiger partial charge in [-0.3, -0.25) is 15.2 Å².